The van der Waals surface area contributed by atoms with Gasteiger partial charge in [0.05, 0.1) is 6.04 Å². The highest BCUT2D eigenvalue weighted by Crippen LogP contribution is 2.33. The number of benzene rings is 1. The number of carbonyl (C=O) groups excluding carboxylic acids is 2. The fourth-order valence-corrected chi connectivity index (χ4v) is 3.33. The molecule has 0 N–H and O–H groups in total. The Morgan fingerprint density at radius 3 is 2.68 bits per heavy atom. The Morgan fingerprint density at radius 2 is 2.05 bits per heavy atom. The normalized spacial score (nSPS) is 23.0. The van der Waals surface area contributed by atoms with Crippen LogP contribution in [0.15, 0.2) is 30.3 Å². The number of imide groups is 1. The largest absolute Gasteiger partial charge is 0.447 e. The van der Waals surface area contributed by atoms with Gasteiger partial charge in [0.15, 0.2) is 0 Å². The van der Waals surface area contributed by atoms with E-state index in [1.807, 2.05) is 37.3 Å². The summed E-state index contributed by atoms with van der Waals surface area (Å²) in [5, 5.41) is 0. The van der Waals surface area contributed by atoms with E-state index in [4.69, 9.17) is 4.74 Å². The molecule has 2 fully saturated rings. The highest BCUT2D eigenvalue weighted by Gasteiger charge is 2.40. The fourth-order valence-electron chi connectivity index (χ4n) is 3.33. The molecular weight excluding hydrogens is 278 g/mol. The van der Waals surface area contributed by atoms with E-state index in [9.17, 15) is 9.59 Å². The van der Waals surface area contributed by atoms with Crippen molar-refractivity contribution < 1.29 is 14.3 Å². The average molecular weight is 301 g/mol. The molecule has 1 aliphatic heterocycles. The molecule has 3 rings (SSSR count). The van der Waals surface area contributed by atoms with Gasteiger partial charge in [0.25, 0.3) is 0 Å². The molecule has 2 amide bonds. The lowest BCUT2D eigenvalue weighted by Gasteiger charge is -2.29. The highest BCUT2D eigenvalue weighted by atomic mass is 16.6. The molecule has 0 spiro atoms. The topological polar surface area (TPSA) is 46.6 Å². The van der Waals surface area contributed by atoms with E-state index in [2.05, 4.69) is 0 Å². The Labute approximate surface area is 131 Å². The van der Waals surface area contributed by atoms with Crippen LogP contribution in [0.1, 0.15) is 38.2 Å². The second kappa shape index (κ2) is 6.51. The fraction of sp³-hybridized carbons (Fsp3) is 0.556. The van der Waals surface area contributed by atoms with Crippen LogP contribution >= 0.6 is 0 Å². The monoisotopic (exact) mass is 301 g/mol. The number of carbonyl (C=O) groups is 2. The lowest BCUT2D eigenvalue weighted by Crippen LogP contribution is -2.43. The molecule has 1 aromatic rings. The first kappa shape index (κ1) is 15.1. The summed E-state index contributed by atoms with van der Waals surface area (Å²) in [6.45, 7) is 2.24. The third-order valence-electron chi connectivity index (χ3n) is 4.85. The van der Waals surface area contributed by atoms with Gasteiger partial charge in [0, 0.05) is 5.92 Å². The van der Waals surface area contributed by atoms with Gasteiger partial charge in [-0.25, -0.2) is 9.69 Å². The summed E-state index contributed by atoms with van der Waals surface area (Å²) in [5.74, 6) is 0.481. The van der Waals surface area contributed by atoms with Crippen LogP contribution in [0.3, 0.4) is 0 Å². The van der Waals surface area contributed by atoms with Crippen LogP contribution in [0.5, 0.6) is 0 Å². The predicted molar refractivity (Wildman–Crippen MR) is 83.3 cm³/mol. The number of cyclic esters (lactones) is 1. The van der Waals surface area contributed by atoms with Gasteiger partial charge in [-0.2, -0.15) is 0 Å². The molecule has 2 atom stereocenters. The molecule has 1 aliphatic carbocycles. The first-order chi connectivity index (χ1) is 10.6. The van der Waals surface area contributed by atoms with E-state index in [1.54, 1.807) is 0 Å². The number of amides is 2. The zero-order valence-corrected chi connectivity index (χ0v) is 13.0. The molecule has 1 aromatic carbocycles. The van der Waals surface area contributed by atoms with Crippen molar-refractivity contribution >= 4 is 12.0 Å². The van der Waals surface area contributed by atoms with E-state index in [0.29, 0.717) is 18.9 Å². The minimum absolute atomic E-state index is 0.0738. The summed E-state index contributed by atoms with van der Waals surface area (Å²) in [6.07, 6.45) is 4.78. The molecule has 4 heteroatoms. The van der Waals surface area contributed by atoms with Crippen LogP contribution in [0.2, 0.25) is 0 Å². The Kier molecular flexibility index (Phi) is 4.46. The first-order valence-corrected chi connectivity index (χ1v) is 8.19. The Morgan fingerprint density at radius 1 is 1.32 bits per heavy atom. The predicted octanol–water partition coefficient (Wildman–Crippen LogP) is 3.40. The minimum Gasteiger partial charge on any atom is -0.447 e. The average Bonchev–Trinajstić information content (AvgIpc) is 2.84. The van der Waals surface area contributed by atoms with Gasteiger partial charge in [-0.1, -0.05) is 56.5 Å². The van der Waals surface area contributed by atoms with Gasteiger partial charge in [-0.3, -0.25) is 4.79 Å². The maximum atomic E-state index is 12.7. The van der Waals surface area contributed by atoms with Crippen LogP contribution < -0.4 is 0 Å². The third kappa shape index (κ3) is 3.16. The van der Waals surface area contributed by atoms with E-state index < -0.39 is 6.09 Å². The second-order valence-electron chi connectivity index (χ2n) is 6.56. The summed E-state index contributed by atoms with van der Waals surface area (Å²) >= 11 is 0. The van der Waals surface area contributed by atoms with E-state index in [0.717, 1.165) is 12.0 Å². The molecule has 0 aromatic heterocycles. The Bertz CT molecular complexity index is 539. The van der Waals surface area contributed by atoms with Crippen LogP contribution in [0, 0.1) is 11.8 Å². The van der Waals surface area contributed by atoms with E-state index in [-0.39, 0.29) is 17.9 Å². The molecule has 0 unspecified atom stereocenters. The number of hydrogen-bond acceptors (Lipinski definition) is 3. The Balaban J connectivity index is 1.65. The summed E-state index contributed by atoms with van der Waals surface area (Å²) in [4.78, 5) is 26.0. The number of rotatable bonds is 5. The highest BCUT2D eigenvalue weighted by molar-refractivity contribution is 5.94. The maximum absolute atomic E-state index is 12.7. The van der Waals surface area contributed by atoms with Gasteiger partial charge in [-0.15, -0.1) is 0 Å². The van der Waals surface area contributed by atoms with Gasteiger partial charge >= 0.3 is 6.09 Å². The second-order valence-corrected chi connectivity index (χ2v) is 6.56. The van der Waals surface area contributed by atoms with Crippen molar-refractivity contribution in [3.63, 3.8) is 0 Å². The standard InChI is InChI=1S/C18H23NO3/c1-13(10-14-8-5-9-14)17(20)19-16(12-22-18(19)21)11-15-6-3-2-4-7-15/h2-4,6-7,13-14,16H,5,8-12H2,1H3/t13-,16-/m1/s1. The first-order valence-electron chi connectivity index (χ1n) is 8.19. The minimum atomic E-state index is -0.480. The Hall–Kier alpha value is -1.84. The van der Waals surface area contributed by atoms with Crippen molar-refractivity contribution in [2.24, 2.45) is 11.8 Å². The summed E-state index contributed by atoms with van der Waals surface area (Å²) in [7, 11) is 0. The lowest BCUT2D eigenvalue weighted by atomic mass is 9.79. The molecule has 1 saturated carbocycles. The quantitative estimate of drug-likeness (QED) is 0.837. The molecule has 2 aliphatic rings. The third-order valence-corrected chi connectivity index (χ3v) is 4.85. The SMILES string of the molecule is C[C@H](CC1CCC1)C(=O)N1C(=O)OC[C@H]1Cc1ccccc1. The van der Waals surface area contributed by atoms with Gasteiger partial charge in [-0.05, 0) is 24.3 Å². The van der Waals surface area contributed by atoms with Crippen molar-refractivity contribution in [3.8, 4) is 0 Å². The van der Waals surface area contributed by atoms with Crippen molar-refractivity contribution in [3.05, 3.63) is 35.9 Å². The van der Waals surface area contributed by atoms with Crippen LogP contribution in [-0.2, 0) is 16.0 Å². The van der Waals surface area contributed by atoms with E-state index in [1.165, 1.54) is 24.2 Å². The molecule has 0 bridgehead atoms. The van der Waals surface area contributed by atoms with Gasteiger partial charge in [0.2, 0.25) is 5.91 Å². The molecule has 4 nitrogen and oxygen atoms in total. The number of ether oxygens (including phenoxy) is 1. The number of nitrogens with zero attached hydrogens (tertiary/aromatic N) is 1. The summed E-state index contributed by atoms with van der Waals surface area (Å²) < 4.78 is 5.13. The lowest BCUT2D eigenvalue weighted by molar-refractivity contribution is -0.133. The van der Waals surface area contributed by atoms with Crippen LogP contribution in [0.4, 0.5) is 4.79 Å². The van der Waals surface area contributed by atoms with Crippen molar-refractivity contribution in [1.82, 2.24) is 4.90 Å². The maximum Gasteiger partial charge on any atom is 0.416 e. The zero-order chi connectivity index (χ0) is 15.5. The zero-order valence-electron chi connectivity index (χ0n) is 13.0. The molecule has 118 valence electrons. The van der Waals surface area contributed by atoms with E-state index >= 15 is 0 Å². The summed E-state index contributed by atoms with van der Waals surface area (Å²) in [5.41, 5.74) is 1.12. The van der Waals surface area contributed by atoms with Gasteiger partial charge < -0.3 is 4.74 Å². The molecule has 0 radical (unpaired) electrons. The smallest absolute Gasteiger partial charge is 0.416 e. The van der Waals surface area contributed by atoms with Crippen LogP contribution in [0.25, 0.3) is 0 Å². The van der Waals surface area contributed by atoms with Crippen molar-refractivity contribution in [2.45, 2.75) is 45.1 Å². The molecule has 1 saturated heterocycles. The summed E-state index contributed by atoms with van der Waals surface area (Å²) in [6, 6.07) is 9.76. The molecule has 22 heavy (non-hydrogen) atoms. The number of hydrogen-bond donors (Lipinski definition) is 0. The molecular formula is C18H23NO3. The van der Waals surface area contributed by atoms with Crippen LogP contribution in [-0.4, -0.2) is 29.5 Å². The molecule has 1 heterocycles. The van der Waals surface area contributed by atoms with Gasteiger partial charge in [0.1, 0.15) is 6.61 Å². The van der Waals surface area contributed by atoms with Crippen molar-refractivity contribution in [2.75, 3.05) is 6.61 Å². The van der Waals surface area contributed by atoms with Crippen molar-refractivity contribution in [1.29, 1.82) is 0 Å².